The van der Waals surface area contributed by atoms with E-state index in [0.717, 1.165) is 11.3 Å². The van der Waals surface area contributed by atoms with Gasteiger partial charge in [-0.05, 0) is 18.6 Å². The molecule has 1 aliphatic heterocycles. The van der Waals surface area contributed by atoms with Crippen LogP contribution >= 0.6 is 0 Å². The molecule has 18 heavy (non-hydrogen) atoms. The second kappa shape index (κ2) is 7.77. The van der Waals surface area contributed by atoms with Gasteiger partial charge in [0.25, 0.3) is 0 Å². The van der Waals surface area contributed by atoms with Crippen LogP contribution in [-0.2, 0) is 14.4 Å². The van der Waals surface area contributed by atoms with Crippen LogP contribution in [0.2, 0.25) is 0 Å². The highest BCUT2D eigenvalue weighted by Gasteiger charge is 2.11. The Balaban J connectivity index is 2.28. The number of carbonyl (C=O) groups is 3. The molecule has 0 fully saturated rings. The molecule has 1 heterocycles. The number of urea groups is 1. The SMILES string of the molecule is O=CCCCC(=O)ONC(=O)N1C=CC=CC=N1. The summed E-state index contributed by atoms with van der Waals surface area (Å²) >= 11 is 0. The van der Waals surface area contributed by atoms with E-state index in [0.29, 0.717) is 6.42 Å². The van der Waals surface area contributed by atoms with Crippen LogP contribution in [0.3, 0.4) is 0 Å². The smallest absolute Gasteiger partial charge is 0.339 e. The van der Waals surface area contributed by atoms with E-state index >= 15 is 0 Å². The van der Waals surface area contributed by atoms with E-state index in [2.05, 4.69) is 9.94 Å². The number of hydrazone groups is 1. The van der Waals surface area contributed by atoms with Gasteiger partial charge in [-0.2, -0.15) is 15.6 Å². The zero-order valence-corrected chi connectivity index (χ0v) is 9.61. The molecule has 1 N–H and O–H groups in total. The average Bonchev–Trinajstić information content (AvgIpc) is 2.65. The monoisotopic (exact) mass is 251 g/mol. The first-order valence-electron chi connectivity index (χ1n) is 5.34. The van der Waals surface area contributed by atoms with Gasteiger partial charge in [-0.3, -0.25) is 0 Å². The molecular weight excluding hydrogens is 238 g/mol. The number of aldehydes is 1. The molecule has 0 aromatic rings. The van der Waals surface area contributed by atoms with Crippen molar-refractivity contribution in [2.45, 2.75) is 19.3 Å². The Morgan fingerprint density at radius 2 is 2.17 bits per heavy atom. The fourth-order valence-corrected chi connectivity index (χ4v) is 1.04. The first-order valence-corrected chi connectivity index (χ1v) is 5.34. The zero-order valence-electron chi connectivity index (χ0n) is 9.61. The number of hydroxylamine groups is 1. The minimum atomic E-state index is -0.685. The average molecular weight is 251 g/mol. The highest BCUT2D eigenvalue weighted by atomic mass is 16.7. The van der Waals surface area contributed by atoms with E-state index in [-0.39, 0.29) is 12.8 Å². The van der Waals surface area contributed by atoms with Gasteiger partial charge < -0.3 is 9.63 Å². The van der Waals surface area contributed by atoms with Crippen molar-refractivity contribution in [1.82, 2.24) is 10.5 Å². The lowest BCUT2D eigenvalue weighted by atomic mass is 10.2. The molecule has 1 rings (SSSR count). The van der Waals surface area contributed by atoms with Crippen LogP contribution in [0.5, 0.6) is 0 Å². The number of rotatable bonds is 4. The summed E-state index contributed by atoms with van der Waals surface area (Å²) in [4.78, 5) is 37.2. The van der Waals surface area contributed by atoms with Gasteiger partial charge in [-0.25, -0.2) is 9.59 Å². The third kappa shape index (κ3) is 5.06. The summed E-state index contributed by atoms with van der Waals surface area (Å²) in [5.41, 5.74) is 1.96. The lowest BCUT2D eigenvalue weighted by Gasteiger charge is -2.11. The van der Waals surface area contributed by atoms with Crippen LogP contribution in [0.15, 0.2) is 29.5 Å². The summed E-state index contributed by atoms with van der Waals surface area (Å²) in [5.74, 6) is -0.605. The molecule has 7 nitrogen and oxygen atoms in total. The Hall–Kier alpha value is -2.44. The molecule has 96 valence electrons. The minimum Gasteiger partial charge on any atom is -0.339 e. The Morgan fingerprint density at radius 1 is 1.33 bits per heavy atom. The van der Waals surface area contributed by atoms with Crippen molar-refractivity contribution in [2.24, 2.45) is 5.10 Å². The number of nitrogens with one attached hydrogen (secondary N) is 1. The van der Waals surface area contributed by atoms with E-state index < -0.39 is 12.0 Å². The Labute approximate surface area is 104 Å². The standard InChI is InChI=1S/C11H13N3O4/c15-9-5-2-6-10(16)18-13-11(17)14-8-4-1-3-7-12-14/h1,3-4,7-9H,2,5-6H2,(H,13,17). The number of unbranched alkanes of at least 4 members (excludes halogenated alkanes) is 1. The molecule has 0 bridgehead atoms. The van der Waals surface area contributed by atoms with Gasteiger partial charge in [-0.1, -0.05) is 6.08 Å². The topological polar surface area (TPSA) is 88.1 Å². The second-order valence-electron chi connectivity index (χ2n) is 3.28. The molecule has 0 aromatic carbocycles. The molecule has 1 aliphatic rings. The second-order valence-corrected chi connectivity index (χ2v) is 3.28. The first-order chi connectivity index (χ1) is 8.74. The van der Waals surface area contributed by atoms with Gasteiger partial charge in [0.2, 0.25) is 0 Å². The molecule has 0 saturated carbocycles. The predicted molar refractivity (Wildman–Crippen MR) is 63.1 cm³/mol. The van der Waals surface area contributed by atoms with Gasteiger partial charge >= 0.3 is 12.0 Å². The quantitative estimate of drug-likeness (QED) is 0.456. The van der Waals surface area contributed by atoms with Crippen molar-refractivity contribution in [2.75, 3.05) is 0 Å². The van der Waals surface area contributed by atoms with Gasteiger partial charge in [-0.15, -0.1) is 0 Å². The molecule has 7 heteroatoms. The highest BCUT2D eigenvalue weighted by molar-refractivity contribution is 5.80. The lowest BCUT2D eigenvalue weighted by molar-refractivity contribution is -0.149. The third-order valence-corrected chi connectivity index (χ3v) is 1.89. The summed E-state index contributed by atoms with van der Waals surface area (Å²) in [6, 6.07) is -0.685. The van der Waals surface area contributed by atoms with Crippen molar-refractivity contribution < 1.29 is 19.2 Å². The summed E-state index contributed by atoms with van der Waals surface area (Å²) in [6.07, 6.45) is 9.25. The number of allylic oxidation sites excluding steroid dienone is 3. The number of hydrogen-bond donors (Lipinski definition) is 1. The number of nitrogens with zero attached hydrogens (tertiary/aromatic N) is 2. The van der Waals surface area contributed by atoms with Crippen LogP contribution < -0.4 is 5.48 Å². The van der Waals surface area contributed by atoms with Crippen molar-refractivity contribution in [1.29, 1.82) is 0 Å². The van der Waals surface area contributed by atoms with E-state index in [1.54, 1.807) is 18.2 Å². The highest BCUT2D eigenvalue weighted by Crippen LogP contribution is 1.98. The summed E-state index contributed by atoms with van der Waals surface area (Å²) in [5, 5.41) is 4.75. The lowest BCUT2D eigenvalue weighted by Crippen LogP contribution is -2.35. The molecule has 0 aliphatic carbocycles. The van der Waals surface area contributed by atoms with Gasteiger partial charge in [0.05, 0.1) is 0 Å². The molecule has 0 saturated heterocycles. The van der Waals surface area contributed by atoms with E-state index in [4.69, 9.17) is 0 Å². The zero-order chi connectivity index (χ0) is 13.2. The van der Waals surface area contributed by atoms with Crippen LogP contribution in [0, 0.1) is 0 Å². The van der Waals surface area contributed by atoms with Crippen LogP contribution in [-0.4, -0.2) is 29.5 Å². The normalized spacial score (nSPS) is 13.0. The largest absolute Gasteiger partial charge is 0.375 e. The summed E-state index contributed by atoms with van der Waals surface area (Å²) in [7, 11) is 0. The predicted octanol–water partition coefficient (Wildman–Crippen LogP) is 0.895. The maximum absolute atomic E-state index is 11.5. The molecule has 0 atom stereocenters. The van der Waals surface area contributed by atoms with E-state index in [1.165, 1.54) is 12.4 Å². The van der Waals surface area contributed by atoms with Crippen LogP contribution in [0.25, 0.3) is 0 Å². The van der Waals surface area contributed by atoms with Gasteiger partial charge in [0, 0.05) is 25.3 Å². The van der Waals surface area contributed by atoms with Crippen LogP contribution in [0.4, 0.5) is 4.79 Å². The van der Waals surface area contributed by atoms with Gasteiger partial charge in [0.15, 0.2) is 0 Å². The maximum atomic E-state index is 11.5. The van der Waals surface area contributed by atoms with Crippen molar-refractivity contribution in [3.05, 3.63) is 24.4 Å². The molecule has 2 amide bonds. The van der Waals surface area contributed by atoms with E-state index in [9.17, 15) is 14.4 Å². The number of carbonyl (C=O) groups excluding carboxylic acids is 3. The van der Waals surface area contributed by atoms with Crippen molar-refractivity contribution in [3.8, 4) is 0 Å². The maximum Gasteiger partial charge on any atom is 0.375 e. The van der Waals surface area contributed by atoms with Crippen LogP contribution in [0.1, 0.15) is 19.3 Å². The number of hydrogen-bond acceptors (Lipinski definition) is 5. The van der Waals surface area contributed by atoms with E-state index in [1.807, 2.05) is 5.48 Å². The van der Waals surface area contributed by atoms with Crippen molar-refractivity contribution >= 4 is 24.5 Å². The first kappa shape index (κ1) is 13.6. The summed E-state index contributed by atoms with van der Waals surface area (Å²) < 4.78 is 0. The molecule has 0 unspecified atom stereocenters. The Kier molecular flexibility index (Phi) is 5.88. The fraction of sp³-hybridized carbons (Fsp3) is 0.273. The Bertz CT molecular complexity index is 385. The Morgan fingerprint density at radius 3 is 2.94 bits per heavy atom. The molecule has 0 radical (unpaired) electrons. The van der Waals surface area contributed by atoms with Gasteiger partial charge in [0.1, 0.15) is 6.29 Å². The third-order valence-electron chi connectivity index (χ3n) is 1.89. The molecular formula is C11H13N3O4. The summed E-state index contributed by atoms with van der Waals surface area (Å²) in [6.45, 7) is 0. The van der Waals surface area contributed by atoms with Crippen molar-refractivity contribution in [3.63, 3.8) is 0 Å². The molecule has 0 aromatic heterocycles. The number of amides is 2. The minimum absolute atomic E-state index is 0.0691. The molecule has 0 spiro atoms. The fourth-order valence-electron chi connectivity index (χ4n) is 1.04.